The lowest BCUT2D eigenvalue weighted by Crippen LogP contribution is -2.57. The fourth-order valence-electron chi connectivity index (χ4n) is 6.87. The predicted molar refractivity (Wildman–Crippen MR) is 97.0 cm³/mol. The summed E-state index contributed by atoms with van der Waals surface area (Å²) in [5.41, 5.74) is 1.38. The van der Waals surface area contributed by atoms with Crippen LogP contribution in [0.5, 0.6) is 0 Å². The quantitative estimate of drug-likeness (QED) is 0.390. The van der Waals surface area contributed by atoms with Gasteiger partial charge in [-0.3, -0.25) is 0 Å². The zero-order valence-electron chi connectivity index (χ0n) is 15.6. The van der Waals surface area contributed by atoms with Gasteiger partial charge in [0.1, 0.15) is 0 Å². The van der Waals surface area contributed by atoms with Gasteiger partial charge in [-0.1, -0.05) is 72.1 Å². The van der Waals surface area contributed by atoms with Crippen LogP contribution in [-0.2, 0) is 0 Å². The Bertz CT molecular complexity index is 343. The second kappa shape index (κ2) is 6.86. The lowest BCUT2D eigenvalue weighted by atomic mass is 9.39. The third-order valence-electron chi connectivity index (χ3n) is 8.21. The van der Waals surface area contributed by atoms with Crippen LogP contribution in [-0.4, -0.2) is 0 Å². The highest BCUT2D eigenvalue weighted by molar-refractivity contribution is 5.09. The van der Waals surface area contributed by atoms with Crippen molar-refractivity contribution in [1.29, 1.82) is 0 Å². The summed E-state index contributed by atoms with van der Waals surface area (Å²) < 4.78 is 0. The van der Waals surface area contributed by atoms with E-state index in [0.29, 0.717) is 10.8 Å². The van der Waals surface area contributed by atoms with Crippen LogP contribution in [0, 0.1) is 28.6 Å². The minimum Gasteiger partial charge on any atom is -0.0654 e. The van der Waals surface area contributed by atoms with Crippen molar-refractivity contribution < 1.29 is 0 Å². The first-order valence-electron chi connectivity index (χ1n) is 10.6. The third kappa shape index (κ3) is 3.13. The number of hydrogen-bond donors (Lipinski definition) is 0. The molecule has 0 aromatic heterocycles. The van der Waals surface area contributed by atoms with Gasteiger partial charge >= 0.3 is 0 Å². The Hall–Kier alpha value is 0. The van der Waals surface area contributed by atoms with Crippen LogP contribution in [0.1, 0.15) is 111 Å². The minimum absolute atomic E-state index is 0.683. The second-order valence-electron chi connectivity index (χ2n) is 9.75. The second-order valence-corrected chi connectivity index (χ2v) is 9.75. The summed E-state index contributed by atoms with van der Waals surface area (Å²) in [6.45, 7) is 7.67. The van der Waals surface area contributed by atoms with E-state index in [1.165, 1.54) is 57.8 Å². The number of unbranched alkanes of at least 4 members (excludes halogenated alkanes) is 7. The lowest BCUT2D eigenvalue weighted by Gasteiger charge is -2.66. The normalized spacial score (nSPS) is 43.0. The van der Waals surface area contributed by atoms with E-state index in [1.807, 2.05) is 0 Å². The molecule has 4 bridgehead atoms. The molecule has 0 heterocycles. The Morgan fingerprint density at radius 1 is 0.727 bits per heavy atom. The average molecular weight is 305 g/mol. The molecule has 0 aliphatic heterocycles. The monoisotopic (exact) mass is 304 g/mol. The van der Waals surface area contributed by atoms with Crippen molar-refractivity contribution in [3.8, 4) is 0 Å². The van der Waals surface area contributed by atoms with Crippen LogP contribution in [0.15, 0.2) is 0 Å². The minimum atomic E-state index is 0.683. The first-order chi connectivity index (χ1) is 10.6. The molecular formula is C22H40. The fraction of sp³-hybridized carbons (Fsp3) is 1.00. The molecule has 0 aromatic carbocycles. The Balaban J connectivity index is 1.42. The topological polar surface area (TPSA) is 0 Å². The zero-order chi connectivity index (χ0) is 15.6. The molecule has 4 aliphatic rings. The molecule has 4 fully saturated rings. The van der Waals surface area contributed by atoms with Crippen molar-refractivity contribution in [3.63, 3.8) is 0 Å². The number of hydrogen-bond acceptors (Lipinski definition) is 0. The molecule has 22 heavy (non-hydrogen) atoms. The maximum Gasteiger partial charge on any atom is -0.0243 e. The van der Waals surface area contributed by atoms with Gasteiger partial charge < -0.3 is 0 Å². The van der Waals surface area contributed by atoms with Gasteiger partial charge in [-0.15, -0.1) is 0 Å². The van der Waals surface area contributed by atoms with E-state index in [4.69, 9.17) is 0 Å². The van der Waals surface area contributed by atoms with Crippen LogP contribution < -0.4 is 0 Å². The maximum atomic E-state index is 2.69. The molecule has 0 nitrogen and oxygen atoms in total. The van der Waals surface area contributed by atoms with Crippen molar-refractivity contribution in [3.05, 3.63) is 0 Å². The SMILES string of the molecule is CCCCCCCCCCC1(C)C2CC3CC(C2)CC1(C)C3. The van der Waals surface area contributed by atoms with E-state index in [9.17, 15) is 0 Å². The molecule has 0 spiro atoms. The van der Waals surface area contributed by atoms with Crippen LogP contribution in [0.25, 0.3) is 0 Å². The lowest BCUT2D eigenvalue weighted by molar-refractivity contribution is -0.163. The van der Waals surface area contributed by atoms with Crippen LogP contribution in [0.2, 0.25) is 0 Å². The summed E-state index contributed by atoms with van der Waals surface area (Å²) in [7, 11) is 0. The predicted octanol–water partition coefficient (Wildman–Crippen LogP) is 7.37. The van der Waals surface area contributed by atoms with Gasteiger partial charge in [-0.05, 0) is 67.1 Å². The van der Waals surface area contributed by atoms with Crippen molar-refractivity contribution in [1.82, 2.24) is 0 Å². The van der Waals surface area contributed by atoms with Crippen molar-refractivity contribution >= 4 is 0 Å². The summed E-state index contributed by atoms with van der Waals surface area (Å²) in [6.07, 6.45) is 21.2. The average Bonchev–Trinajstić information content (AvgIpc) is 2.47. The molecule has 0 heteroatoms. The van der Waals surface area contributed by atoms with Gasteiger partial charge in [0.05, 0.1) is 0 Å². The van der Waals surface area contributed by atoms with Crippen molar-refractivity contribution in [2.45, 2.75) is 111 Å². The molecule has 0 N–H and O–H groups in total. The summed E-state index contributed by atoms with van der Waals surface area (Å²) in [4.78, 5) is 0. The van der Waals surface area contributed by atoms with E-state index in [0.717, 1.165) is 17.8 Å². The summed E-state index contributed by atoms with van der Waals surface area (Å²) in [5.74, 6) is 3.29. The Labute approximate surface area is 139 Å². The fourth-order valence-corrected chi connectivity index (χ4v) is 6.87. The molecule has 4 rings (SSSR count). The van der Waals surface area contributed by atoms with Gasteiger partial charge in [0.25, 0.3) is 0 Å². The molecule has 128 valence electrons. The van der Waals surface area contributed by atoms with Gasteiger partial charge in [0, 0.05) is 0 Å². The Morgan fingerprint density at radius 2 is 1.27 bits per heavy atom. The molecule has 0 radical (unpaired) electrons. The van der Waals surface area contributed by atoms with E-state index in [2.05, 4.69) is 20.8 Å². The molecule has 4 aliphatic carbocycles. The molecule has 4 saturated carbocycles. The van der Waals surface area contributed by atoms with Crippen molar-refractivity contribution in [2.24, 2.45) is 28.6 Å². The molecule has 0 saturated heterocycles. The third-order valence-corrected chi connectivity index (χ3v) is 8.21. The summed E-state index contributed by atoms with van der Waals surface area (Å²) in [5, 5.41) is 0. The van der Waals surface area contributed by atoms with Crippen LogP contribution in [0.3, 0.4) is 0 Å². The molecule has 3 atom stereocenters. The van der Waals surface area contributed by atoms with Gasteiger partial charge in [-0.25, -0.2) is 0 Å². The maximum absolute atomic E-state index is 2.69. The summed E-state index contributed by atoms with van der Waals surface area (Å²) in [6, 6.07) is 0. The Morgan fingerprint density at radius 3 is 1.82 bits per heavy atom. The van der Waals surface area contributed by atoms with E-state index >= 15 is 0 Å². The smallest absolute Gasteiger partial charge is 0.0243 e. The van der Waals surface area contributed by atoms with E-state index in [-0.39, 0.29) is 0 Å². The van der Waals surface area contributed by atoms with E-state index < -0.39 is 0 Å². The largest absolute Gasteiger partial charge is 0.0654 e. The van der Waals surface area contributed by atoms with E-state index in [1.54, 1.807) is 32.1 Å². The van der Waals surface area contributed by atoms with Gasteiger partial charge in [0.2, 0.25) is 0 Å². The Kier molecular flexibility index (Phi) is 5.25. The molecule has 0 aromatic rings. The zero-order valence-corrected chi connectivity index (χ0v) is 15.6. The first-order valence-corrected chi connectivity index (χ1v) is 10.6. The van der Waals surface area contributed by atoms with Gasteiger partial charge in [0.15, 0.2) is 0 Å². The molecule has 3 unspecified atom stereocenters. The highest BCUT2D eigenvalue weighted by Crippen LogP contribution is 2.69. The van der Waals surface area contributed by atoms with Crippen molar-refractivity contribution in [2.75, 3.05) is 0 Å². The molecular weight excluding hydrogens is 264 g/mol. The van der Waals surface area contributed by atoms with Crippen LogP contribution >= 0.6 is 0 Å². The standard InChI is InChI=1S/C22H40/c1-4-5-6-7-8-9-10-11-12-22(3)20-14-18-13-19(15-20)17-21(22,2)16-18/h18-20H,4-17H2,1-3H3. The number of rotatable bonds is 9. The highest BCUT2D eigenvalue weighted by atomic mass is 14.6. The molecule has 0 amide bonds. The first kappa shape index (κ1) is 16.8. The highest BCUT2D eigenvalue weighted by Gasteiger charge is 2.60. The summed E-state index contributed by atoms with van der Waals surface area (Å²) >= 11 is 0. The van der Waals surface area contributed by atoms with Gasteiger partial charge in [-0.2, -0.15) is 0 Å². The van der Waals surface area contributed by atoms with Crippen LogP contribution in [0.4, 0.5) is 0 Å².